The molecular weight excluding hydrogens is 341 g/mol. The minimum absolute atomic E-state index is 0.0847. The van der Waals surface area contributed by atoms with E-state index in [4.69, 9.17) is 5.11 Å². The predicted molar refractivity (Wildman–Crippen MR) is 70.8 cm³/mol. The zero-order chi connectivity index (χ0) is 15.5. The molecule has 0 heterocycles. The van der Waals surface area contributed by atoms with Crippen LogP contribution in [0.4, 0.5) is 13.2 Å². The number of benzene rings is 1. The van der Waals surface area contributed by atoms with Crippen molar-refractivity contribution in [2.75, 3.05) is 0 Å². The first kappa shape index (κ1) is 16.4. The minimum Gasteiger partial charge on any atom is -0.478 e. The normalized spacial score (nSPS) is 13.4. The van der Waals surface area contributed by atoms with Gasteiger partial charge in [0.25, 0.3) is 0 Å². The molecule has 0 saturated carbocycles. The van der Waals surface area contributed by atoms with Gasteiger partial charge in [-0.2, -0.15) is 13.2 Å². The number of hydrogen-bond donors (Lipinski definition) is 1. The number of carboxylic acid groups (broad SMARTS) is 1. The Bertz CT molecular complexity index is 562. The maximum absolute atomic E-state index is 12.9. The molecule has 0 aliphatic heterocycles. The zero-order valence-corrected chi connectivity index (χ0v) is 11.8. The van der Waals surface area contributed by atoms with Crippen LogP contribution in [0.3, 0.4) is 0 Å². The van der Waals surface area contributed by atoms with Gasteiger partial charge in [0, 0.05) is 11.6 Å². The summed E-state index contributed by atoms with van der Waals surface area (Å²) >= 11 is 2.93. The van der Waals surface area contributed by atoms with Crippen molar-refractivity contribution in [2.24, 2.45) is 0 Å². The highest BCUT2D eigenvalue weighted by atomic mass is 79.9. The number of hydrogen-bond acceptors (Lipinski definition) is 2. The smallest absolute Gasteiger partial charge is 0.417 e. The van der Waals surface area contributed by atoms with Gasteiger partial charge in [-0.25, -0.2) is 4.79 Å². The highest BCUT2D eigenvalue weighted by molar-refractivity contribution is 9.10. The van der Waals surface area contributed by atoms with E-state index >= 15 is 0 Å². The first-order chi connectivity index (χ1) is 9.14. The van der Waals surface area contributed by atoms with Crippen molar-refractivity contribution in [3.63, 3.8) is 0 Å². The molecule has 1 rings (SSSR count). The van der Waals surface area contributed by atoms with Crippen molar-refractivity contribution in [3.8, 4) is 0 Å². The molecule has 108 valence electrons. The van der Waals surface area contributed by atoms with Crippen LogP contribution in [0.1, 0.15) is 28.4 Å². The summed E-state index contributed by atoms with van der Waals surface area (Å²) in [4.78, 5) is 21.6. The minimum atomic E-state index is -4.69. The maximum Gasteiger partial charge on any atom is 0.417 e. The Balaban J connectivity index is 3.53. The summed E-state index contributed by atoms with van der Waals surface area (Å²) in [5.41, 5.74) is -1.71. The first-order valence-corrected chi connectivity index (χ1v) is 6.35. The van der Waals surface area contributed by atoms with E-state index in [1.165, 1.54) is 13.0 Å². The Hall–Kier alpha value is -1.63. The van der Waals surface area contributed by atoms with Crippen LogP contribution < -0.4 is 0 Å². The fourth-order valence-corrected chi connectivity index (χ4v) is 1.81. The van der Waals surface area contributed by atoms with Crippen molar-refractivity contribution in [1.29, 1.82) is 0 Å². The topological polar surface area (TPSA) is 54.4 Å². The van der Waals surface area contributed by atoms with Gasteiger partial charge >= 0.3 is 12.1 Å². The number of carbonyl (C=O) groups excluding carboxylic acids is 1. The fourth-order valence-electron chi connectivity index (χ4n) is 1.58. The first-order valence-electron chi connectivity index (χ1n) is 5.44. The lowest BCUT2D eigenvalue weighted by molar-refractivity contribution is -0.138. The maximum atomic E-state index is 12.9. The molecule has 1 N–H and O–H groups in total. The largest absolute Gasteiger partial charge is 0.478 e. The quantitative estimate of drug-likeness (QED) is 0.510. The molecule has 20 heavy (non-hydrogen) atoms. The molecule has 1 unspecified atom stereocenters. The Morgan fingerprint density at radius 1 is 1.35 bits per heavy atom. The summed E-state index contributed by atoms with van der Waals surface area (Å²) in [6.45, 7) is 1.40. The van der Waals surface area contributed by atoms with Gasteiger partial charge in [0.15, 0.2) is 5.78 Å². The van der Waals surface area contributed by atoms with Gasteiger partial charge in [-0.05, 0) is 24.6 Å². The molecule has 0 aromatic heterocycles. The lowest BCUT2D eigenvalue weighted by atomic mass is 9.95. The van der Waals surface area contributed by atoms with Crippen molar-refractivity contribution in [2.45, 2.75) is 17.9 Å². The Kier molecular flexibility index (Phi) is 5.10. The highest BCUT2D eigenvalue weighted by Gasteiger charge is 2.36. The Morgan fingerprint density at radius 3 is 2.40 bits per heavy atom. The number of Topliss-reactive ketones (excluding diaryl/α,β-unsaturated/α-hetero) is 1. The van der Waals surface area contributed by atoms with Gasteiger partial charge in [0.05, 0.1) is 10.4 Å². The monoisotopic (exact) mass is 350 g/mol. The van der Waals surface area contributed by atoms with Gasteiger partial charge in [0.1, 0.15) is 0 Å². The van der Waals surface area contributed by atoms with Gasteiger partial charge in [-0.15, -0.1) is 0 Å². The number of carbonyl (C=O) groups is 2. The van der Waals surface area contributed by atoms with Crippen LogP contribution in [0.2, 0.25) is 0 Å². The summed E-state index contributed by atoms with van der Waals surface area (Å²) in [7, 11) is 0. The molecule has 3 nitrogen and oxygen atoms in total. The lowest BCUT2D eigenvalue weighted by Crippen LogP contribution is -2.19. The number of carboxylic acids is 1. The summed E-state index contributed by atoms with van der Waals surface area (Å²) in [6, 6.07) is 3.18. The average Bonchev–Trinajstić information content (AvgIpc) is 2.33. The third-order valence-corrected chi connectivity index (χ3v) is 2.83. The second-order valence-electron chi connectivity index (χ2n) is 3.92. The van der Waals surface area contributed by atoms with E-state index < -0.39 is 33.9 Å². The van der Waals surface area contributed by atoms with E-state index in [0.717, 1.165) is 18.2 Å². The van der Waals surface area contributed by atoms with Gasteiger partial charge in [-0.3, -0.25) is 4.79 Å². The molecule has 0 aliphatic rings. The highest BCUT2D eigenvalue weighted by Crippen LogP contribution is 2.35. The third-order valence-electron chi connectivity index (χ3n) is 2.42. The molecule has 1 aromatic carbocycles. The number of aliphatic carboxylic acids is 1. The van der Waals surface area contributed by atoms with Crippen molar-refractivity contribution in [3.05, 3.63) is 41.0 Å². The molecule has 0 fully saturated rings. The van der Waals surface area contributed by atoms with E-state index in [2.05, 4.69) is 15.9 Å². The molecule has 1 aromatic rings. The third kappa shape index (κ3) is 3.93. The SMILES string of the molecule is CC(Br)C(=O)c1c(C=CC(=O)O)cccc1C(F)(F)F. The lowest BCUT2D eigenvalue weighted by Gasteiger charge is -2.15. The van der Waals surface area contributed by atoms with Crippen LogP contribution in [0.5, 0.6) is 0 Å². The van der Waals surface area contributed by atoms with Gasteiger partial charge in [-0.1, -0.05) is 28.1 Å². The van der Waals surface area contributed by atoms with E-state index in [1.807, 2.05) is 0 Å². The molecule has 1 atom stereocenters. The molecule has 7 heteroatoms. The Labute approximate surface area is 121 Å². The van der Waals surface area contributed by atoms with Crippen LogP contribution in [0.15, 0.2) is 24.3 Å². The summed E-state index contributed by atoms with van der Waals surface area (Å²) < 4.78 is 38.8. The van der Waals surface area contributed by atoms with Crippen molar-refractivity contribution in [1.82, 2.24) is 0 Å². The molecule has 0 radical (unpaired) electrons. The van der Waals surface area contributed by atoms with Crippen LogP contribution >= 0.6 is 15.9 Å². The number of halogens is 4. The average molecular weight is 351 g/mol. The van der Waals surface area contributed by atoms with Gasteiger partial charge < -0.3 is 5.11 Å². The van der Waals surface area contributed by atoms with Crippen LogP contribution in [0.25, 0.3) is 6.08 Å². The number of rotatable bonds is 4. The predicted octanol–water partition coefficient (Wildman–Crippen LogP) is 3.77. The summed E-state index contributed by atoms with van der Waals surface area (Å²) in [5.74, 6) is -2.07. The van der Waals surface area contributed by atoms with E-state index in [9.17, 15) is 22.8 Å². The van der Waals surface area contributed by atoms with Crippen LogP contribution in [-0.2, 0) is 11.0 Å². The molecule has 0 amide bonds. The van der Waals surface area contributed by atoms with Crippen LogP contribution in [-0.4, -0.2) is 21.7 Å². The van der Waals surface area contributed by atoms with E-state index in [-0.39, 0.29) is 5.56 Å². The molecule has 0 spiro atoms. The van der Waals surface area contributed by atoms with Gasteiger partial charge in [0.2, 0.25) is 0 Å². The number of alkyl halides is 4. The van der Waals surface area contributed by atoms with Crippen LogP contribution in [0, 0.1) is 0 Å². The summed E-state index contributed by atoms with van der Waals surface area (Å²) in [6.07, 6.45) is -3.04. The second-order valence-corrected chi connectivity index (χ2v) is 5.29. The molecule has 0 aliphatic carbocycles. The summed E-state index contributed by atoms with van der Waals surface area (Å²) in [5, 5.41) is 8.54. The molecular formula is C13H10BrF3O3. The molecule has 0 saturated heterocycles. The second kappa shape index (κ2) is 6.21. The van der Waals surface area contributed by atoms with Crippen molar-refractivity contribution >= 4 is 33.8 Å². The van der Waals surface area contributed by atoms with E-state index in [0.29, 0.717) is 6.08 Å². The Morgan fingerprint density at radius 2 is 1.95 bits per heavy atom. The van der Waals surface area contributed by atoms with Crippen molar-refractivity contribution < 1.29 is 27.9 Å². The zero-order valence-electron chi connectivity index (χ0n) is 10.2. The van der Waals surface area contributed by atoms with E-state index in [1.54, 1.807) is 0 Å². The molecule has 0 bridgehead atoms. The fraction of sp³-hybridized carbons (Fsp3) is 0.231. The number of ketones is 1. The standard InChI is InChI=1S/C13H10BrF3O3/c1-7(14)12(20)11-8(5-6-10(18)19)3-2-4-9(11)13(15,16)17/h2-7H,1H3,(H,18,19).